The Morgan fingerprint density at radius 1 is 1.26 bits per heavy atom. The second-order valence-corrected chi connectivity index (χ2v) is 4.46. The van der Waals surface area contributed by atoms with Crippen molar-refractivity contribution >= 4 is 11.6 Å². The lowest BCUT2D eigenvalue weighted by Gasteiger charge is -2.04. The van der Waals surface area contributed by atoms with Gasteiger partial charge in [-0.15, -0.1) is 0 Å². The van der Waals surface area contributed by atoms with Crippen molar-refractivity contribution in [3.8, 4) is 11.4 Å². The highest BCUT2D eigenvalue weighted by Gasteiger charge is 2.27. The van der Waals surface area contributed by atoms with Crippen LogP contribution in [0.5, 0.6) is 0 Å². The van der Waals surface area contributed by atoms with Gasteiger partial charge in [0.15, 0.2) is 5.82 Å². The van der Waals surface area contributed by atoms with Crippen LogP contribution in [0.25, 0.3) is 11.4 Å². The van der Waals surface area contributed by atoms with Crippen LogP contribution in [0.1, 0.15) is 24.6 Å². The van der Waals surface area contributed by atoms with E-state index in [1.165, 1.54) is 12.1 Å². The van der Waals surface area contributed by atoms with E-state index < -0.39 is 4.92 Å². The Labute approximate surface area is 108 Å². The summed E-state index contributed by atoms with van der Waals surface area (Å²) in [5, 5.41) is 10.8. The van der Waals surface area contributed by atoms with E-state index in [9.17, 15) is 10.1 Å². The van der Waals surface area contributed by atoms with Crippen LogP contribution < -0.4 is 5.73 Å². The summed E-state index contributed by atoms with van der Waals surface area (Å²) in [7, 11) is 0. The van der Waals surface area contributed by atoms with E-state index in [4.69, 9.17) is 5.73 Å². The molecule has 1 aliphatic carbocycles. The van der Waals surface area contributed by atoms with Gasteiger partial charge in [-0.05, 0) is 12.8 Å². The lowest BCUT2D eigenvalue weighted by Crippen LogP contribution is -2.04. The van der Waals surface area contributed by atoms with Gasteiger partial charge in [-0.1, -0.05) is 12.1 Å². The lowest BCUT2D eigenvalue weighted by molar-refractivity contribution is -0.384. The van der Waals surface area contributed by atoms with Gasteiger partial charge in [-0.2, -0.15) is 9.97 Å². The van der Waals surface area contributed by atoms with Gasteiger partial charge in [0.2, 0.25) is 5.95 Å². The number of hydrogen-bond acceptors (Lipinski definition) is 6. The van der Waals surface area contributed by atoms with Crippen molar-refractivity contribution in [3.05, 3.63) is 40.2 Å². The molecule has 0 saturated heterocycles. The summed E-state index contributed by atoms with van der Waals surface area (Å²) in [5.41, 5.74) is 6.24. The number of nitro benzene ring substituents is 1. The summed E-state index contributed by atoms with van der Waals surface area (Å²) < 4.78 is 0. The summed E-state index contributed by atoms with van der Waals surface area (Å²) in [5.74, 6) is 1.56. The molecule has 0 spiro atoms. The minimum absolute atomic E-state index is 0.00413. The van der Waals surface area contributed by atoms with E-state index in [2.05, 4.69) is 15.0 Å². The SMILES string of the molecule is Nc1nc(-c2cccc([N+](=O)[O-])c2)nc(C2CC2)n1. The molecule has 19 heavy (non-hydrogen) atoms. The molecule has 3 rings (SSSR count). The van der Waals surface area contributed by atoms with E-state index in [1.54, 1.807) is 12.1 Å². The second-order valence-electron chi connectivity index (χ2n) is 4.46. The van der Waals surface area contributed by atoms with Crippen LogP contribution in [-0.4, -0.2) is 19.9 Å². The maximum absolute atomic E-state index is 10.8. The number of anilines is 1. The Kier molecular flexibility index (Phi) is 2.59. The highest BCUT2D eigenvalue weighted by molar-refractivity contribution is 5.59. The van der Waals surface area contributed by atoms with Gasteiger partial charge in [-0.3, -0.25) is 10.1 Å². The van der Waals surface area contributed by atoms with Gasteiger partial charge in [-0.25, -0.2) is 4.98 Å². The number of non-ortho nitro benzene ring substituents is 1. The minimum Gasteiger partial charge on any atom is -0.368 e. The molecule has 2 aromatic rings. The molecule has 1 aliphatic rings. The van der Waals surface area contributed by atoms with Crippen molar-refractivity contribution in [1.29, 1.82) is 0 Å². The number of nitrogen functional groups attached to an aromatic ring is 1. The van der Waals surface area contributed by atoms with Crippen LogP contribution in [0.15, 0.2) is 24.3 Å². The van der Waals surface area contributed by atoms with Gasteiger partial charge in [0.05, 0.1) is 4.92 Å². The molecular formula is C12H11N5O2. The van der Waals surface area contributed by atoms with E-state index in [-0.39, 0.29) is 11.6 Å². The van der Waals surface area contributed by atoms with E-state index in [0.717, 1.165) is 12.8 Å². The first kappa shape index (κ1) is 11.5. The zero-order valence-electron chi connectivity index (χ0n) is 9.98. The largest absolute Gasteiger partial charge is 0.368 e. The first-order chi connectivity index (χ1) is 9.13. The molecule has 7 nitrogen and oxygen atoms in total. The van der Waals surface area contributed by atoms with E-state index in [1.807, 2.05) is 0 Å². The highest BCUT2D eigenvalue weighted by Crippen LogP contribution is 2.38. The first-order valence-corrected chi connectivity index (χ1v) is 5.90. The average Bonchev–Trinajstić information content (AvgIpc) is 3.22. The van der Waals surface area contributed by atoms with Gasteiger partial charge < -0.3 is 5.73 Å². The molecular weight excluding hydrogens is 246 g/mol. The fourth-order valence-electron chi connectivity index (χ4n) is 1.82. The monoisotopic (exact) mass is 257 g/mol. The van der Waals surface area contributed by atoms with Crippen molar-refractivity contribution in [2.24, 2.45) is 0 Å². The quantitative estimate of drug-likeness (QED) is 0.664. The molecule has 0 radical (unpaired) electrons. The zero-order chi connectivity index (χ0) is 13.4. The fourth-order valence-corrected chi connectivity index (χ4v) is 1.82. The molecule has 0 bridgehead atoms. The highest BCUT2D eigenvalue weighted by atomic mass is 16.6. The summed E-state index contributed by atoms with van der Waals surface area (Å²) in [6, 6.07) is 6.18. The predicted octanol–water partition coefficient (Wildman–Crippen LogP) is 1.91. The normalized spacial score (nSPS) is 14.3. The summed E-state index contributed by atoms with van der Waals surface area (Å²) in [6.07, 6.45) is 2.11. The Bertz CT molecular complexity index is 654. The van der Waals surface area contributed by atoms with Crippen LogP contribution in [0.3, 0.4) is 0 Å². The molecule has 1 aromatic carbocycles. The van der Waals surface area contributed by atoms with Crippen LogP contribution in [0.2, 0.25) is 0 Å². The Balaban J connectivity index is 2.05. The number of hydrogen-bond donors (Lipinski definition) is 1. The number of aromatic nitrogens is 3. The van der Waals surface area contributed by atoms with Gasteiger partial charge in [0.25, 0.3) is 5.69 Å². The molecule has 1 saturated carbocycles. The topological polar surface area (TPSA) is 108 Å². The Morgan fingerprint density at radius 3 is 2.74 bits per heavy atom. The molecule has 7 heteroatoms. The second kappa shape index (κ2) is 4.27. The van der Waals surface area contributed by atoms with Gasteiger partial charge in [0, 0.05) is 23.6 Å². The maximum atomic E-state index is 10.8. The third-order valence-electron chi connectivity index (χ3n) is 2.93. The van der Waals surface area contributed by atoms with Crippen LogP contribution in [0.4, 0.5) is 11.6 Å². The minimum atomic E-state index is -0.449. The van der Waals surface area contributed by atoms with E-state index >= 15 is 0 Å². The third kappa shape index (κ3) is 2.35. The third-order valence-corrected chi connectivity index (χ3v) is 2.93. The van der Waals surface area contributed by atoms with Crippen molar-refractivity contribution in [2.45, 2.75) is 18.8 Å². The molecule has 1 aromatic heterocycles. The molecule has 0 unspecified atom stereocenters. The average molecular weight is 257 g/mol. The summed E-state index contributed by atoms with van der Waals surface area (Å²) >= 11 is 0. The lowest BCUT2D eigenvalue weighted by atomic mass is 10.2. The molecule has 2 N–H and O–H groups in total. The maximum Gasteiger partial charge on any atom is 0.270 e. The molecule has 0 aliphatic heterocycles. The smallest absolute Gasteiger partial charge is 0.270 e. The van der Waals surface area contributed by atoms with Crippen LogP contribution in [-0.2, 0) is 0 Å². The van der Waals surface area contributed by atoms with Gasteiger partial charge >= 0.3 is 0 Å². The molecule has 0 amide bonds. The first-order valence-electron chi connectivity index (χ1n) is 5.90. The molecule has 1 fully saturated rings. The van der Waals surface area contributed by atoms with Crippen LogP contribution >= 0.6 is 0 Å². The standard InChI is InChI=1S/C12H11N5O2/c13-12-15-10(7-4-5-7)14-11(16-12)8-2-1-3-9(6-8)17(18)19/h1-3,6-7H,4-5H2,(H2,13,14,15,16). The number of nitrogens with two attached hydrogens (primary N) is 1. The van der Waals surface area contributed by atoms with Gasteiger partial charge in [0.1, 0.15) is 5.82 Å². The van der Waals surface area contributed by atoms with Crippen molar-refractivity contribution in [3.63, 3.8) is 0 Å². The number of nitrogens with zero attached hydrogens (tertiary/aromatic N) is 4. The van der Waals surface area contributed by atoms with E-state index in [0.29, 0.717) is 23.1 Å². The molecule has 0 atom stereocenters. The predicted molar refractivity (Wildman–Crippen MR) is 68.3 cm³/mol. The summed E-state index contributed by atoms with van der Waals surface area (Å²) in [4.78, 5) is 22.8. The molecule has 96 valence electrons. The Hall–Kier alpha value is -2.57. The van der Waals surface area contributed by atoms with Crippen LogP contribution in [0, 0.1) is 10.1 Å². The van der Waals surface area contributed by atoms with Crippen molar-refractivity contribution < 1.29 is 4.92 Å². The number of rotatable bonds is 3. The Morgan fingerprint density at radius 2 is 2.05 bits per heavy atom. The number of nitro groups is 1. The fraction of sp³-hybridized carbons (Fsp3) is 0.250. The molecule has 1 heterocycles. The van der Waals surface area contributed by atoms with Crippen molar-refractivity contribution in [2.75, 3.05) is 5.73 Å². The number of benzene rings is 1. The zero-order valence-corrected chi connectivity index (χ0v) is 9.98. The van der Waals surface area contributed by atoms with Crippen molar-refractivity contribution in [1.82, 2.24) is 15.0 Å². The summed E-state index contributed by atoms with van der Waals surface area (Å²) in [6.45, 7) is 0.